The van der Waals surface area contributed by atoms with Crippen molar-refractivity contribution in [1.29, 1.82) is 0 Å². The predicted octanol–water partition coefficient (Wildman–Crippen LogP) is 2.34. The standard InChI is InChI=1S/C11H18N2/c1-4-9-7-11-10(5-6-12-11)8(2)13(9)3/h5-6,8-9,12H,4,7H2,1-3H3/t8-,9+/m0/s1. The maximum Gasteiger partial charge on any atom is 0.0337 e. The predicted molar refractivity (Wildman–Crippen MR) is 54.8 cm³/mol. The number of aromatic nitrogens is 1. The van der Waals surface area contributed by atoms with Gasteiger partial charge in [-0.05, 0) is 32.0 Å². The van der Waals surface area contributed by atoms with Crippen molar-refractivity contribution < 1.29 is 0 Å². The van der Waals surface area contributed by atoms with E-state index in [9.17, 15) is 0 Å². The number of rotatable bonds is 1. The fourth-order valence-corrected chi connectivity index (χ4v) is 2.33. The fourth-order valence-electron chi connectivity index (χ4n) is 2.33. The zero-order valence-electron chi connectivity index (χ0n) is 8.67. The third-order valence-electron chi connectivity index (χ3n) is 3.42. The SMILES string of the molecule is CC[C@@H]1Cc2[nH]ccc2[C@H](C)N1C. The van der Waals surface area contributed by atoms with E-state index in [2.05, 4.69) is 43.0 Å². The highest BCUT2D eigenvalue weighted by atomic mass is 15.2. The van der Waals surface area contributed by atoms with E-state index in [1.807, 2.05) is 0 Å². The molecule has 0 unspecified atom stereocenters. The van der Waals surface area contributed by atoms with Gasteiger partial charge in [-0.25, -0.2) is 0 Å². The highest BCUT2D eigenvalue weighted by Crippen LogP contribution is 2.31. The summed E-state index contributed by atoms with van der Waals surface area (Å²) in [7, 11) is 2.23. The highest BCUT2D eigenvalue weighted by molar-refractivity contribution is 5.27. The average molecular weight is 178 g/mol. The monoisotopic (exact) mass is 178 g/mol. The molecule has 2 rings (SSSR count). The van der Waals surface area contributed by atoms with E-state index in [4.69, 9.17) is 0 Å². The van der Waals surface area contributed by atoms with E-state index >= 15 is 0 Å². The van der Waals surface area contributed by atoms with Gasteiger partial charge in [-0.2, -0.15) is 0 Å². The molecule has 0 spiro atoms. The Hall–Kier alpha value is -0.760. The number of H-pyrrole nitrogens is 1. The van der Waals surface area contributed by atoms with Crippen LogP contribution in [0.5, 0.6) is 0 Å². The quantitative estimate of drug-likeness (QED) is 0.699. The van der Waals surface area contributed by atoms with Gasteiger partial charge in [0.05, 0.1) is 0 Å². The Kier molecular flexibility index (Phi) is 2.16. The maximum atomic E-state index is 3.35. The van der Waals surface area contributed by atoms with Gasteiger partial charge >= 0.3 is 0 Å². The van der Waals surface area contributed by atoms with Gasteiger partial charge in [0, 0.05) is 30.4 Å². The Morgan fingerprint density at radius 2 is 2.38 bits per heavy atom. The van der Waals surface area contributed by atoms with Crippen molar-refractivity contribution in [2.75, 3.05) is 7.05 Å². The minimum Gasteiger partial charge on any atom is -0.365 e. The average Bonchev–Trinajstić information content (AvgIpc) is 2.59. The molecule has 2 atom stereocenters. The molecular formula is C11H18N2. The zero-order valence-corrected chi connectivity index (χ0v) is 8.67. The molecular weight excluding hydrogens is 160 g/mol. The van der Waals surface area contributed by atoms with Crippen LogP contribution in [0.4, 0.5) is 0 Å². The first kappa shape index (κ1) is 8.82. The molecule has 1 aliphatic rings. The van der Waals surface area contributed by atoms with E-state index in [0.29, 0.717) is 12.1 Å². The third-order valence-corrected chi connectivity index (χ3v) is 3.42. The second kappa shape index (κ2) is 3.18. The molecule has 1 aromatic heterocycles. The van der Waals surface area contributed by atoms with Crippen molar-refractivity contribution in [2.24, 2.45) is 0 Å². The van der Waals surface area contributed by atoms with Crippen LogP contribution in [-0.2, 0) is 6.42 Å². The van der Waals surface area contributed by atoms with Gasteiger partial charge < -0.3 is 4.98 Å². The first-order valence-corrected chi connectivity index (χ1v) is 5.12. The van der Waals surface area contributed by atoms with Crippen LogP contribution in [0, 0.1) is 0 Å². The van der Waals surface area contributed by atoms with Crippen LogP contribution < -0.4 is 0 Å². The van der Waals surface area contributed by atoms with Crippen LogP contribution in [0.15, 0.2) is 12.3 Å². The maximum absolute atomic E-state index is 3.35. The first-order chi connectivity index (χ1) is 6.24. The summed E-state index contributed by atoms with van der Waals surface area (Å²) in [5, 5.41) is 0. The molecule has 0 bridgehead atoms. The highest BCUT2D eigenvalue weighted by Gasteiger charge is 2.28. The Morgan fingerprint density at radius 3 is 3.08 bits per heavy atom. The lowest BCUT2D eigenvalue weighted by Crippen LogP contribution is -2.39. The van der Waals surface area contributed by atoms with Crippen molar-refractivity contribution in [3.8, 4) is 0 Å². The number of aromatic amines is 1. The van der Waals surface area contributed by atoms with Crippen LogP contribution in [0.3, 0.4) is 0 Å². The van der Waals surface area contributed by atoms with Crippen molar-refractivity contribution in [1.82, 2.24) is 9.88 Å². The number of hydrogen-bond donors (Lipinski definition) is 1. The van der Waals surface area contributed by atoms with E-state index in [0.717, 1.165) is 0 Å². The molecule has 0 fully saturated rings. The van der Waals surface area contributed by atoms with Gasteiger partial charge in [0.25, 0.3) is 0 Å². The molecule has 0 amide bonds. The van der Waals surface area contributed by atoms with Crippen molar-refractivity contribution in [3.63, 3.8) is 0 Å². The second-order valence-corrected chi connectivity index (χ2v) is 4.02. The molecule has 2 nitrogen and oxygen atoms in total. The van der Waals surface area contributed by atoms with E-state index < -0.39 is 0 Å². The Labute approximate surface area is 79.9 Å². The fraction of sp³-hybridized carbons (Fsp3) is 0.636. The van der Waals surface area contributed by atoms with Crippen LogP contribution in [0.1, 0.15) is 37.6 Å². The van der Waals surface area contributed by atoms with Gasteiger partial charge in [0.2, 0.25) is 0 Å². The molecule has 0 saturated carbocycles. The number of nitrogens with zero attached hydrogens (tertiary/aromatic N) is 1. The Bertz CT molecular complexity index is 290. The Morgan fingerprint density at radius 1 is 1.62 bits per heavy atom. The molecule has 13 heavy (non-hydrogen) atoms. The largest absolute Gasteiger partial charge is 0.365 e. The van der Waals surface area contributed by atoms with Gasteiger partial charge in [0.1, 0.15) is 0 Å². The molecule has 2 heteroatoms. The lowest BCUT2D eigenvalue weighted by Gasteiger charge is -2.37. The molecule has 0 aliphatic carbocycles. The lowest BCUT2D eigenvalue weighted by molar-refractivity contribution is 0.161. The third kappa shape index (κ3) is 1.29. The van der Waals surface area contributed by atoms with E-state index in [-0.39, 0.29) is 0 Å². The molecule has 0 radical (unpaired) electrons. The normalized spacial score (nSPS) is 28.8. The topological polar surface area (TPSA) is 19.0 Å². The molecule has 1 aromatic rings. The van der Waals surface area contributed by atoms with Crippen LogP contribution >= 0.6 is 0 Å². The van der Waals surface area contributed by atoms with Crippen molar-refractivity contribution in [2.45, 2.75) is 38.8 Å². The Balaban J connectivity index is 2.32. The molecule has 0 aromatic carbocycles. The smallest absolute Gasteiger partial charge is 0.0337 e. The summed E-state index contributed by atoms with van der Waals surface area (Å²) in [4.78, 5) is 5.83. The van der Waals surface area contributed by atoms with Gasteiger partial charge in [0.15, 0.2) is 0 Å². The minimum atomic E-state index is 0.569. The van der Waals surface area contributed by atoms with E-state index in [1.165, 1.54) is 24.1 Å². The van der Waals surface area contributed by atoms with Crippen LogP contribution in [0.2, 0.25) is 0 Å². The van der Waals surface area contributed by atoms with Gasteiger partial charge in [-0.3, -0.25) is 4.90 Å². The van der Waals surface area contributed by atoms with Gasteiger partial charge in [-0.1, -0.05) is 6.92 Å². The second-order valence-electron chi connectivity index (χ2n) is 4.02. The first-order valence-electron chi connectivity index (χ1n) is 5.12. The number of hydrogen-bond acceptors (Lipinski definition) is 1. The summed E-state index contributed by atoms with van der Waals surface area (Å²) in [6, 6.07) is 3.49. The summed E-state index contributed by atoms with van der Waals surface area (Å²) in [5.41, 5.74) is 2.92. The number of likely N-dealkylation sites (N-methyl/N-ethyl adjacent to an activating group) is 1. The molecule has 2 heterocycles. The zero-order chi connectivity index (χ0) is 9.42. The lowest BCUT2D eigenvalue weighted by atomic mass is 9.94. The molecule has 0 saturated heterocycles. The summed E-state index contributed by atoms with van der Waals surface area (Å²) in [6.45, 7) is 4.55. The van der Waals surface area contributed by atoms with Gasteiger partial charge in [-0.15, -0.1) is 0 Å². The van der Waals surface area contributed by atoms with Crippen molar-refractivity contribution in [3.05, 3.63) is 23.5 Å². The molecule has 72 valence electrons. The minimum absolute atomic E-state index is 0.569. The van der Waals surface area contributed by atoms with Crippen LogP contribution in [0.25, 0.3) is 0 Å². The molecule has 1 aliphatic heterocycles. The summed E-state index contributed by atoms with van der Waals surface area (Å²) in [6.07, 6.45) is 4.48. The number of nitrogens with one attached hydrogen (secondary N) is 1. The van der Waals surface area contributed by atoms with Crippen LogP contribution in [-0.4, -0.2) is 23.0 Å². The van der Waals surface area contributed by atoms with E-state index in [1.54, 1.807) is 0 Å². The number of fused-ring (bicyclic) bond motifs is 1. The van der Waals surface area contributed by atoms with Crippen molar-refractivity contribution >= 4 is 0 Å². The summed E-state index contributed by atoms with van der Waals surface area (Å²) in [5.74, 6) is 0. The molecule has 1 N–H and O–H groups in total. The summed E-state index contributed by atoms with van der Waals surface area (Å²) < 4.78 is 0. The summed E-state index contributed by atoms with van der Waals surface area (Å²) >= 11 is 0.